The third kappa shape index (κ3) is 1.22. The molecule has 0 bridgehead atoms. The van der Waals surface area contributed by atoms with Crippen LogP contribution in [0.3, 0.4) is 0 Å². The zero-order valence-electron chi connectivity index (χ0n) is 7.04. The molecule has 0 fully saturated rings. The molecule has 2 rings (SSSR count). The van der Waals surface area contributed by atoms with Gasteiger partial charge in [-0.3, -0.25) is 5.11 Å². The summed E-state index contributed by atoms with van der Waals surface area (Å²) in [6.07, 6.45) is 0. The lowest BCUT2D eigenvalue weighted by Gasteiger charge is -2.01. The van der Waals surface area contributed by atoms with E-state index < -0.39 is 11.7 Å². The van der Waals surface area contributed by atoms with Crippen LogP contribution in [0.5, 0.6) is 5.88 Å². The fraction of sp³-hybridized carbons (Fsp3) is 0.100. The maximum atomic E-state index is 13.1. The molecule has 0 atom stereocenters. The van der Waals surface area contributed by atoms with Crippen LogP contribution < -0.4 is 0 Å². The molecule has 0 saturated carbocycles. The Bertz CT molecular complexity index is 468. The summed E-state index contributed by atoms with van der Waals surface area (Å²) in [6, 6.07) is 6.06. The Morgan fingerprint density at radius 3 is 2.92 bits per heavy atom. The van der Waals surface area contributed by atoms with Crippen LogP contribution in [0.15, 0.2) is 24.3 Å². The van der Waals surface area contributed by atoms with Crippen LogP contribution in [0.4, 0.5) is 4.39 Å². The van der Waals surface area contributed by atoms with Crippen LogP contribution in [0.2, 0.25) is 0 Å². The van der Waals surface area contributed by atoms with Crippen molar-refractivity contribution in [1.29, 1.82) is 0 Å². The first kappa shape index (κ1) is 7.98. The number of rotatable bonds is 0. The zero-order chi connectivity index (χ0) is 9.42. The van der Waals surface area contributed by atoms with E-state index in [9.17, 15) is 9.50 Å². The van der Waals surface area contributed by atoms with E-state index in [1.165, 1.54) is 12.1 Å². The third-order valence-electron chi connectivity index (χ3n) is 1.97. The van der Waals surface area contributed by atoms with Crippen LogP contribution in [0.25, 0.3) is 10.9 Å². The largest absolute Gasteiger partial charge is 0.270 e. The summed E-state index contributed by atoms with van der Waals surface area (Å²) in [5, 5.41) is 11.7. The van der Waals surface area contributed by atoms with Gasteiger partial charge in [0.2, 0.25) is 0 Å². The van der Waals surface area contributed by atoms with Crippen molar-refractivity contribution in [3.63, 3.8) is 0 Å². The molecule has 2 nitrogen and oxygen atoms in total. The van der Waals surface area contributed by atoms with Crippen molar-refractivity contribution >= 4 is 10.9 Å². The highest BCUT2D eigenvalue weighted by Gasteiger charge is 2.06. The maximum Gasteiger partial charge on any atom is 0.270 e. The Kier molecular flexibility index (Phi) is 1.65. The molecule has 1 aromatic carbocycles. The predicted molar refractivity (Wildman–Crippen MR) is 46.6 cm³/mol. The quantitative estimate of drug-likeness (QED) is 0.607. The Hall–Kier alpha value is -1.64. The lowest BCUT2D eigenvalue weighted by Crippen LogP contribution is -1.86. The van der Waals surface area contributed by atoms with E-state index >= 15 is 0 Å². The van der Waals surface area contributed by atoms with Crippen LogP contribution in [-0.4, -0.2) is 4.98 Å². The number of aryl methyl sites for hydroxylation is 1. The van der Waals surface area contributed by atoms with E-state index in [1.807, 2.05) is 0 Å². The standard InChI is InChI=1S/C10H7FNO/c1-6-5-9(13)12-10-7(6)3-2-4-8(10)11/h2-5H,1H3. The van der Waals surface area contributed by atoms with Gasteiger partial charge in [-0.1, -0.05) is 12.1 Å². The van der Waals surface area contributed by atoms with Crippen molar-refractivity contribution in [3.8, 4) is 5.88 Å². The lowest BCUT2D eigenvalue weighted by atomic mass is 10.1. The fourth-order valence-corrected chi connectivity index (χ4v) is 1.35. The van der Waals surface area contributed by atoms with E-state index in [-0.39, 0.29) is 5.52 Å². The first-order chi connectivity index (χ1) is 6.18. The van der Waals surface area contributed by atoms with Gasteiger partial charge >= 0.3 is 0 Å². The van der Waals surface area contributed by atoms with Crippen molar-refractivity contribution in [2.75, 3.05) is 0 Å². The number of hydrogen-bond donors (Lipinski definition) is 0. The minimum atomic E-state index is -0.446. The van der Waals surface area contributed by atoms with Gasteiger partial charge in [0.05, 0.1) is 0 Å². The summed E-state index contributed by atoms with van der Waals surface area (Å²) >= 11 is 0. The highest BCUT2D eigenvalue weighted by molar-refractivity contribution is 5.82. The van der Waals surface area contributed by atoms with Crippen molar-refractivity contribution in [3.05, 3.63) is 35.6 Å². The summed E-state index contributed by atoms with van der Waals surface area (Å²) < 4.78 is 13.1. The Morgan fingerprint density at radius 1 is 1.38 bits per heavy atom. The van der Waals surface area contributed by atoms with Crippen LogP contribution in [0.1, 0.15) is 5.56 Å². The molecule has 2 aromatic rings. The average molecular weight is 176 g/mol. The second-order valence-corrected chi connectivity index (χ2v) is 2.91. The van der Waals surface area contributed by atoms with Gasteiger partial charge in [0.25, 0.3) is 5.88 Å². The highest BCUT2D eigenvalue weighted by atomic mass is 19.1. The molecule has 13 heavy (non-hydrogen) atoms. The molecule has 0 spiro atoms. The summed E-state index contributed by atoms with van der Waals surface area (Å²) in [6.45, 7) is 1.77. The number of benzene rings is 1. The molecule has 3 heteroatoms. The minimum absolute atomic E-state index is 0.160. The van der Waals surface area contributed by atoms with E-state index in [1.54, 1.807) is 19.1 Å². The molecule has 65 valence electrons. The van der Waals surface area contributed by atoms with Gasteiger partial charge in [-0.2, -0.15) is 0 Å². The molecule has 0 aliphatic heterocycles. The van der Waals surface area contributed by atoms with E-state index in [0.717, 1.165) is 5.56 Å². The van der Waals surface area contributed by atoms with E-state index in [2.05, 4.69) is 4.98 Å². The molecule has 0 saturated heterocycles. The monoisotopic (exact) mass is 176 g/mol. The molecule has 0 aliphatic carbocycles. The summed E-state index contributed by atoms with van der Waals surface area (Å²) in [7, 11) is 0. The van der Waals surface area contributed by atoms with Gasteiger partial charge in [-0.05, 0) is 18.6 Å². The average Bonchev–Trinajstić information content (AvgIpc) is 2.07. The number of hydrogen-bond acceptors (Lipinski definition) is 1. The van der Waals surface area contributed by atoms with Crippen molar-refractivity contribution in [2.45, 2.75) is 6.92 Å². The Labute approximate surface area is 74.7 Å². The van der Waals surface area contributed by atoms with Crippen molar-refractivity contribution in [1.82, 2.24) is 4.98 Å². The number of aromatic nitrogens is 1. The first-order valence-corrected chi connectivity index (χ1v) is 3.91. The second-order valence-electron chi connectivity index (χ2n) is 2.91. The molecule has 1 aromatic heterocycles. The second kappa shape index (κ2) is 2.69. The Morgan fingerprint density at radius 2 is 2.15 bits per heavy atom. The van der Waals surface area contributed by atoms with Gasteiger partial charge in [0.15, 0.2) is 0 Å². The van der Waals surface area contributed by atoms with Gasteiger partial charge in [0, 0.05) is 11.5 Å². The molecule has 0 aliphatic rings. The summed E-state index contributed by atoms with van der Waals surface area (Å²) in [5.74, 6) is -0.839. The molecule has 1 heterocycles. The molecule has 1 radical (unpaired) electrons. The van der Waals surface area contributed by atoms with Gasteiger partial charge in [0.1, 0.15) is 11.3 Å². The molecule has 0 unspecified atom stereocenters. The van der Waals surface area contributed by atoms with Gasteiger partial charge < -0.3 is 0 Å². The SMILES string of the molecule is Cc1cc([O])nc2c(F)cccc12. The number of nitrogens with zero attached hydrogens (tertiary/aromatic N) is 1. The summed E-state index contributed by atoms with van der Waals surface area (Å²) in [5.41, 5.74) is 0.919. The highest BCUT2D eigenvalue weighted by Crippen LogP contribution is 2.22. The van der Waals surface area contributed by atoms with Crippen LogP contribution >= 0.6 is 0 Å². The minimum Gasteiger partial charge on any atom is -0.267 e. The molecule has 0 N–H and O–H groups in total. The van der Waals surface area contributed by atoms with Gasteiger partial charge in [-0.15, -0.1) is 0 Å². The third-order valence-corrected chi connectivity index (χ3v) is 1.97. The van der Waals surface area contributed by atoms with E-state index in [0.29, 0.717) is 5.39 Å². The van der Waals surface area contributed by atoms with Crippen molar-refractivity contribution < 1.29 is 9.50 Å². The number of halogens is 1. The van der Waals surface area contributed by atoms with Crippen molar-refractivity contribution in [2.24, 2.45) is 0 Å². The molecule has 0 amide bonds. The zero-order valence-corrected chi connectivity index (χ0v) is 7.04. The summed E-state index contributed by atoms with van der Waals surface area (Å²) in [4.78, 5) is 3.61. The smallest absolute Gasteiger partial charge is 0.267 e. The number of para-hydroxylation sites is 1. The maximum absolute atomic E-state index is 13.1. The molecular formula is C10H7FNO. The van der Waals surface area contributed by atoms with Gasteiger partial charge in [-0.25, -0.2) is 9.37 Å². The van der Waals surface area contributed by atoms with E-state index in [4.69, 9.17) is 0 Å². The Balaban J connectivity index is 2.94. The topological polar surface area (TPSA) is 32.8 Å². The number of pyridine rings is 1. The molecular weight excluding hydrogens is 169 g/mol. The number of fused-ring (bicyclic) bond motifs is 1. The lowest BCUT2D eigenvalue weighted by molar-refractivity contribution is 0.338. The van der Waals surface area contributed by atoms with Crippen LogP contribution in [0, 0.1) is 12.7 Å². The normalized spacial score (nSPS) is 10.6. The predicted octanol–water partition coefficient (Wildman–Crippen LogP) is 2.83. The van der Waals surface area contributed by atoms with Crippen LogP contribution in [-0.2, 0) is 5.11 Å². The fourth-order valence-electron chi connectivity index (χ4n) is 1.35. The first-order valence-electron chi connectivity index (χ1n) is 3.91.